The molecule has 1 aromatic carbocycles. The largest absolute Gasteiger partial charge is 0.296 e. The Bertz CT molecular complexity index is 1670. The number of fused-ring (bicyclic) bond motifs is 5. The van der Waals surface area contributed by atoms with Crippen LogP contribution < -0.4 is 4.72 Å². The fourth-order valence-electron chi connectivity index (χ4n) is 6.20. The molecule has 1 saturated carbocycles. The standard InChI is InChI=1S/C27H25F2N7OS/c1-26(2)16-10-11-27(26,25-15(16)12-20(33-35-25)24-17(28)6-5-7-18(24)29)22-14-30-13-21(31-22)19-8-9-23(34-32-19)36-38(3,4)37/h5-9,12-14,16H,3,10-11H2,1-2,4H3,(H,34,36,37)/t16-,27-,38?/m0/s1. The second-order valence-electron chi connectivity index (χ2n) is 10.5. The van der Waals surface area contributed by atoms with Gasteiger partial charge in [0.2, 0.25) is 0 Å². The van der Waals surface area contributed by atoms with Gasteiger partial charge in [-0.05, 0) is 65.9 Å². The van der Waals surface area contributed by atoms with Crippen LogP contribution >= 0.6 is 0 Å². The molecule has 2 aliphatic rings. The lowest BCUT2D eigenvalue weighted by Gasteiger charge is -2.37. The summed E-state index contributed by atoms with van der Waals surface area (Å²) in [5, 5.41) is 17.2. The Morgan fingerprint density at radius 1 is 1.00 bits per heavy atom. The van der Waals surface area contributed by atoms with Gasteiger partial charge in [-0.25, -0.2) is 18.0 Å². The van der Waals surface area contributed by atoms with Crippen molar-refractivity contribution < 1.29 is 13.0 Å². The Kier molecular flexibility index (Phi) is 5.36. The summed E-state index contributed by atoms with van der Waals surface area (Å²) in [6, 6.07) is 8.94. The molecule has 3 atom stereocenters. The monoisotopic (exact) mass is 533 g/mol. The number of halogens is 2. The molecule has 38 heavy (non-hydrogen) atoms. The van der Waals surface area contributed by atoms with Crippen molar-refractivity contribution >= 4 is 21.4 Å². The van der Waals surface area contributed by atoms with Gasteiger partial charge in [0.15, 0.2) is 5.82 Å². The number of aromatic nitrogens is 6. The Morgan fingerprint density at radius 3 is 2.42 bits per heavy atom. The Morgan fingerprint density at radius 2 is 1.74 bits per heavy atom. The highest BCUT2D eigenvalue weighted by Gasteiger charge is 2.65. The molecule has 3 aromatic heterocycles. The Labute approximate surface area is 219 Å². The molecular formula is C27H25F2N7OS. The van der Waals surface area contributed by atoms with Gasteiger partial charge in [0.1, 0.15) is 23.0 Å². The van der Waals surface area contributed by atoms with Crippen molar-refractivity contribution in [2.24, 2.45) is 5.41 Å². The van der Waals surface area contributed by atoms with E-state index in [4.69, 9.17) is 4.98 Å². The fourth-order valence-corrected chi connectivity index (χ4v) is 6.75. The molecule has 1 N–H and O–H groups in total. The van der Waals surface area contributed by atoms with Crippen molar-refractivity contribution in [1.82, 2.24) is 30.4 Å². The molecule has 4 aromatic rings. The molecule has 1 unspecified atom stereocenters. The SMILES string of the molecule is C=S(C)(=O)Nc1ccc(-c2cncc([C@@]34CC[C@@H](c5cc(-c6c(F)cccc6F)nnc53)C4(C)C)n2)nn1. The van der Waals surface area contributed by atoms with Crippen molar-refractivity contribution in [3.05, 3.63) is 77.4 Å². The molecule has 194 valence electrons. The van der Waals surface area contributed by atoms with Crippen LogP contribution in [0.5, 0.6) is 0 Å². The van der Waals surface area contributed by atoms with Crippen molar-refractivity contribution in [2.75, 3.05) is 11.0 Å². The first kappa shape index (κ1) is 24.5. The predicted octanol–water partition coefficient (Wildman–Crippen LogP) is 4.55. The summed E-state index contributed by atoms with van der Waals surface area (Å²) in [5.74, 6) is 2.68. The molecule has 0 spiro atoms. The summed E-state index contributed by atoms with van der Waals surface area (Å²) in [6.45, 7) is 4.34. The van der Waals surface area contributed by atoms with Gasteiger partial charge in [-0.2, -0.15) is 5.10 Å². The van der Waals surface area contributed by atoms with Crippen LogP contribution in [0, 0.1) is 17.0 Å². The van der Waals surface area contributed by atoms with Crippen LogP contribution in [0.3, 0.4) is 0 Å². The molecule has 2 aliphatic carbocycles. The van der Waals surface area contributed by atoms with Crippen molar-refractivity contribution in [1.29, 1.82) is 0 Å². The van der Waals surface area contributed by atoms with E-state index in [0.29, 0.717) is 17.2 Å². The molecule has 3 heterocycles. The maximum Gasteiger partial charge on any atom is 0.159 e. The summed E-state index contributed by atoms with van der Waals surface area (Å²) in [4.78, 5) is 9.44. The highest BCUT2D eigenvalue weighted by molar-refractivity contribution is 8.00. The van der Waals surface area contributed by atoms with E-state index in [1.54, 1.807) is 30.6 Å². The van der Waals surface area contributed by atoms with Crippen LogP contribution in [0.4, 0.5) is 14.6 Å². The molecule has 0 saturated heterocycles. The number of benzene rings is 1. The summed E-state index contributed by atoms with van der Waals surface area (Å²) in [7, 11) is -2.48. The molecule has 11 heteroatoms. The lowest BCUT2D eigenvalue weighted by molar-refractivity contribution is 0.242. The topological polar surface area (TPSA) is 106 Å². The minimum atomic E-state index is -2.48. The van der Waals surface area contributed by atoms with E-state index in [1.807, 2.05) is 0 Å². The average molecular weight is 534 g/mol. The summed E-state index contributed by atoms with van der Waals surface area (Å²) >= 11 is 0. The normalized spacial score (nSPS) is 22.6. The van der Waals surface area contributed by atoms with E-state index in [0.717, 1.165) is 29.8 Å². The van der Waals surface area contributed by atoms with Crippen LogP contribution in [0.1, 0.15) is 49.6 Å². The van der Waals surface area contributed by atoms with Gasteiger partial charge in [-0.15, -0.1) is 15.3 Å². The number of anilines is 1. The van der Waals surface area contributed by atoms with Gasteiger partial charge >= 0.3 is 0 Å². The van der Waals surface area contributed by atoms with E-state index in [-0.39, 0.29) is 22.6 Å². The lowest BCUT2D eigenvalue weighted by Crippen LogP contribution is -2.38. The second-order valence-corrected chi connectivity index (χ2v) is 12.8. The summed E-state index contributed by atoms with van der Waals surface area (Å²) in [5.41, 5.74) is 2.62. The first-order valence-corrected chi connectivity index (χ1v) is 14.2. The van der Waals surface area contributed by atoms with Crippen molar-refractivity contribution in [3.63, 3.8) is 0 Å². The maximum absolute atomic E-state index is 14.5. The first-order chi connectivity index (χ1) is 18.0. The van der Waals surface area contributed by atoms with Gasteiger partial charge in [-0.3, -0.25) is 9.71 Å². The molecule has 6 rings (SSSR count). The molecule has 0 radical (unpaired) electrons. The van der Waals surface area contributed by atoms with E-state index in [2.05, 4.69) is 49.8 Å². The first-order valence-electron chi connectivity index (χ1n) is 12.1. The molecule has 1 fully saturated rings. The van der Waals surface area contributed by atoms with Gasteiger partial charge in [0.05, 0.1) is 34.3 Å². The minimum Gasteiger partial charge on any atom is -0.296 e. The molecular weight excluding hydrogens is 508 g/mol. The van der Waals surface area contributed by atoms with Crippen LogP contribution in [0.15, 0.2) is 48.8 Å². The third-order valence-electron chi connectivity index (χ3n) is 7.92. The maximum atomic E-state index is 14.5. The van der Waals surface area contributed by atoms with Gasteiger partial charge < -0.3 is 0 Å². The van der Waals surface area contributed by atoms with Gasteiger partial charge in [0, 0.05) is 22.2 Å². The summed E-state index contributed by atoms with van der Waals surface area (Å²) in [6.07, 6.45) is 6.50. The highest BCUT2D eigenvalue weighted by atomic mass is 32.2. The molecule has 0 aliphatic heterocycles. The van der Waals surface area contributed by atoms with E-state index in [1.165, 1.54) is 24.5 Å². The predicted molar refractivity (Wildman–Crippen MR) is 142 cm³/mol. The molecule has 8 nitrogen and oxygen atoms in total. The smallest absolute Gasteiger partial charge is 0.159 e. The Hall–Kier alpha value is -3.86. The van der Waals surface area contributed by atoms with Crippen LogP contribution in [0.2, 0.25) is 0 Å². The zero-order valence-electron chi connectivity index (χ0n) is 21.1. The van der Waals surface area contributed by atoms with Crippen molar-refractivity contribution in [3.8, 4) is 22.6 Å². The number of nitrogens with one attached hydrogen (secondary N) is 1. The molecule has 0 amide bonds. The van der Waals surface area contributed by atoms with E-state index < -0.39 is 26.8 Å². The summed E-state index contributed by atoms with van der Waals surface area (Å²) < 4.78 is 43.7. The zero-order chi connectivity index (χ0) is 26.9. The van der Waals surface area contributed by atoms with Crippen molar-refractivity contribution in [2.45, 2.75) is 38.0 Å². The highest BCUT2D eigenvalue weighted by Crippen LogP contribution is 2.69. The van der Waals surface area contributed by atoms with E-state index >= 15 is 0 Å². The fraction of sp³-hybridized carbons (Fsp3) is 0.296. The number of nitrogens with zero attached hydrogens (tertiary/aromatic N) is 6. The minimum absolute atomic E-state index is 0.115. The van der Waals surface area contributed by atoms with Crippen LogP contribution in [-0.4, -0.2) is 46.7 Å². The van der Waals surface area contributed by atoms with Crippen LogP contribution in [0.25, 0.3) is 22.6 Å². The third-order valence-corrected chi connectivity index (χ3v) is 8.56. The second kappa shape index (κ2) is 8.32. The van der Waals surface area contributed by atoms with Gasteiger partial charge in [0.25, 0.3) is 0 Å². The quantitative estimate of drug-likeness (QED) is 0.375. The lowest BCUT2D eigenvalue weighted by atomic mass is 9.66. The van der Waals surface area contributed by atoms with Crippen LogP contribution in [-0.2, 0) is 15.1 Å². The van der Waals surface area contributed by atoms with E-state index in [9.17, 15) is 13.0 Å². The number of rotatable bonds is 5. The Balaban J connectivity index is 1.43. The number of hydrogen-bond donors (Lipinski definition) is 1. The molecule has 2 bridgehead atoms. The van der Waals surface area contributed by atoms with Gasteiger partial charge in [-0.1, -0.05) is 19.9 Å². The number of hydrogen-bond acceptors (Lipinski definition) is 7. The third kappa shape index (κ3) is 3.59. The zero-order valence-corrected chi connectivity index (χ0v) is 21.9. The average Bonchev–Trinajstić information content (AvgIpc) is 3.24.